The molecule has 0 saturated carbocycles. The van der Waals surface area contributed by atoms with Crippen molar-refractivity contribution in [3.05, 3.63) is 0 Å². The van der Waals surface area contributed by atoms with Crippen LogP contribution in [0.5, 0.6) is 0 Å². The van der Waals surface area contributed by atoms with Crippen molar-refractivity contribution in [3.63, 3.8) is 0 Å². The Hall–Kier alpha value is -0.330. The summed E-state index contributed by atoms with van der Waals surface area (Å²) in [5.74, 6) is 0.497. The molecule has 1 nitrogen and oxygen atoms in total. The van der Waals surface area contributed by atoms with Crippen LogP contribution < -0.4 is 0 Å². The maximum Gasteiger partial charge on any atom is 0.132 e. The molecule has 0 bridgehead atoms. The number of unbranched alkanes of at least 4 members (excludes halogenated alkanes) is 14. The first-order valence-electron chi connectivity index (χ1n) is 10.3. The summed E-state index contributed by atoms with van der Waals surface area (Å²) in [5, 5.41) is 0. The van der Waals surface area contributed by atoms with E-state index in [0.717, 1.165) is 25.7 Å². The molecule has 0 unspecified atom stereocenters. The van der Waals surface area contributed by atoms with Gasteiger partial charge in [-0.3, -0.25) is 4.79 Å². The quantitative estimate of drug-likeness (QED) is 0.238. The molecule has 0 spiro atoms. The number of hydrogen-bond donors (Lipinski definition) is 0. The first kappa shape index (κ1) is 21.7. The zero-order chi connectivity index (χ0) is 16.3. The van der Waals surface area contributed by atoms with E-state index >= 15 is 0 Å². The zero-order valence-electron chi connectivity index (χ0n) is 15.6. The smallest absolute Gasteiger partial charge is 0.132 e. The lowest BCUT2D eigenvalue weighted by atomic mass is 10.0. The van der Waals surface area contributed by atoms with Crippen LogP contribution >= 0.6 is 0 Å². The highest BCUT2D eigenvalue weighted by Crippen LogP contribution is 2.13. The number of carbonyl (C=O) groups is 1. The molecule has 0 N–H and O–H groups in total. The summed E-state index contributed by atoms with van der Waals surface area (Å²) in [6.07, 6.45) is 23.1. The first-order chi connectivity index (χ1) is 10.8. The molecule has 0 aromatic carbocycles. The molecule has 0 rings (SSSR count). The fourth-order valence-electron chi connectivity index (χ4n) is 3.04. The second-order valence-corrected chi connectivity index (χ2v) is 6.99. The van der Waals surface area contributed by atoms with Crippen molar-refractivity contribution in [2.45, 2.75) is 129 Å². The van der Waals surface area contributed by atoms with Gasteiger partial charge < -0.3 is 0 Å². The van der Waals surface area contributed by atoms with Crippen molar-refractivity contribution in [2.75, 3.05) is 0 Å². The monoisotopic (exact) mass is 310 g/mol. The molecule has 0 radical (unpaired) electrons. The lowest BCUT2D eigenvalue weighted by molar-refractivity contribution is -0.119. The molecule has 0 aliphatic heterocycles. The van der Waals surface area contributed by atoms with Crippen LogP contribution in [0.3, 0.4) is 0 Å². The highest BCUT2D eigenvalue weighted by molar-refractivity contribution is 5.78. The van der Waals surface area contributed by atoms with Gasteiger partial charge in [-0.1, -0.05) is 104 Å². The Kier molecular flexibility index (Phi) is 18.4. The van der Waals surface area contributed by atoms with Gasteiger partial charge in [-0.2, -0.15) is 0 Å². The van der Waals surface area contributed by atoms with Crippen LogP contribution in [0.1, 0.15) is 129 Å². The van der Waals surface area contributed by atoms with Crippen LogP contribution in [0.25, 0.3) is 0 Å². The Morgan fingerprint density at radius 2 is 0.727 bits per heavy atom. The molecule has 0 atom stereocenters. The summed E-state index contributed by atoms with van der Waals surface area (Å²) in [6.45, 7) is 4.47. The topological polar surface area (TPSA) is 17.1 Å². The Morgan fingerprint density at radius 3 is 1.14 bits per heavy atom. The van der Waals surface area contributed by atoms with Crippen molar-refractivity contribution in [2.24, 2.45) is 0 Å². The van der Waals surface area contributed by atoms with Crippen LogP contribution in [-0.4, -0.2) is 5.78 Å². The molecular weight excluding hydrogens is 268 g/mol. The average molecular weight is 311 g/mol. The summed E-state index contributed by atoms with van der Waals surface area (Å²) < 4.78 is 0. The van der Waals surface area contributed by atoms with E-state index in [1.54, 1.807) is 0 Å². The highest BCUT2D eigenvalue weighted by Gasteiger charge is 2.01. The zero-order valence-corrected chi connectivity index (χ0v) is 15.6. The SMILES string of the molecule is CCCCCCCCCCCCCCCC(=O)CCCCC. The van der Waals surface area contributed by atoms with Gasteiger partial charge in [-0.05, 0) is 12.8 Å². The number of rotatable bonds is 18. The van der Waals surface area contributed by atoms with E-state index < -0.39 is 0 Å². The molecule has 132 valence electrons. The number of carbonyl (C=O) groups excluding carboxylic acids is 1. The van der Waals surface area contributed by atoms with Crippen molar-refractivity contribution in [1.82, 2.24) is 0 Å². The van der Waals surface area contributed by atoms with Gasteiger partial charge in [0.05, 0.1) is 0 Å². The maximum absolute atomic E-state index is 11.6. The summed E-state index contributed by atoms with van der Waals surface area (Å²) >= 11 is 0. The molecule has 1 heteroatoms. The molecule has 0 aromatic heterocycles. The summed E-state index contributed by atoms with van der Waals surface area (Å²) in [7, 11) is 0. The fourth-order valence-corrected chi connectivity index (χ4v) is 3.04. The van der Waals surface area contributed by atoms with E-state index in [0.29, 0.717) is 5.78 Å². The van der Waals surface area contributed by atoms with Crippen LogP contribution in [0.15, 0.2) is 0 Å². The normalized spacial score (nSPS) is 11.0. The maximum atomic E-state index is 11.6. The number of hydrogen-bond acceptors (Lipinski definition) is 1. The Morgan fingerprint density at radius 1 is 0.455 bits per heavy atom. The van der Waals surface area contributed by atoms with Gasteiger partial charge in [-0.25, -0.2) is 0 Å². The lowest BCUT2D eigenvalue weighted by Crippen LogP contribution is -1.97. The summed E-state index contributed by atoms with van der Waals surface area (Å²) in [4.78, 5) is 11.6. The van der Waals surface area contributed by atoms with Crippen LogP contribution in [0.4, 0.5) is 0 Å². The Bertz CT molecular complexity index is 222. The van der Waals surface area contributed by atoms with Crippen LogP contribution in [-0.2, 0) is 4.79 Å². The van der Waals surface area contributed by atoms with Gasteiger partial charge in [0.25, 0.3) is 0 Å². The van der Waals surface area contributed by atoms with Gasteiger partial charge in [-0.15, -0.1) is 0 Å². The standard InChI is InChI=1S/C21H42O/c1-3-5-7-8-9-10-11-12-13-14-15-16-18-20-21(22)19-17-6-4-2/h3-20H2,1-2H3. The minimum Gasteiger partial charge on any atom is -0.300 e. The molecule has 0 saturated heterocycles. The predicted octanol–water partition coefficient (Wildman–Crippen LogP) is 7.62. The van der Waals surface area contributed by atoms with Crippen molar-refractivity contribution < 1.29 is 4.79 Å². The molecular formula is C21H42O. The Labute approximate surface area is 140 Å². The highest BCUT2D eigenvalue weighted by atomic mass is 16.1. The second kappa shape index (κ2) is 18.7. The van der Waals surface area contributed by atoms with E-state index in [2.05, 4.69) is 13.8 Å². The predicted molar refractivity (Wildman–Crippen MR) is 99.5 cm³/mol. The third-order valence-corrected chi connectivity index (χ3v) is 4.62. The van der Waals surface area contributed by atoms with Crippen molar-refractivity contribution in [1.29, 1.82) is 0 Å². The molecule has 0 fully saturated rings. The van der Waals surface area contributed by atoms with E-state index in [9.17, 15) is 4.79 Å². The van der Waals surface area contributed by atoms with E-state index in [-0.39, 0.29) is 0 Å². The average Bonchev–Trinajstić information content (AvgIpc) is 2.52. The summed E-state index contributed by atoms with van der Waals surface area (Å²) in [5.41, 5.74) is 0. The molecule has 0 aliphatic carbocycles. The molecule has 0 amide bonds. The van der Waals surface area contributed by atoms with Crippen LogP contribution in [0, 0.1) is 0 Å². The van der Waals surface area contributed by atoms with E-state index in [1.807, 2.05) is 0 Å². The van der Waals surface area contributed by atoms with Gasteiger partial charge in [0.15, 0.2) is 0 Å². The molecule has 0 aromatic rings. The third kappa shape index (κ3) is 17.7. The molecule has 0 heterocycles. The first-order valence-corrected chi connectivity index (χ1v) is 10.3. The largest absolute Gasteiger partial charge is 0.300 e. The minimum absolute atomic E-state index is 0.497. The van der Waals surface area contributed by atoms with Crippen molar-refractivity contribution in [3.8, 4) is 0 Å². The lowest BCUT2D eigenvalue weighted by Gasteiger charge is -2.03. The van der Waals surface area contributed by atoms with Crippen molar-refractivity contribution >= 4 is 5.78 Å². The van der Waals surface area contributed by atoms with Crippen LogP contribution in [0.2, 0.25) is 0 Å². The molecule has 0 aliphatic rings. The van der Waals surface area contributed by atoms with Gasteiger partial charge >= 0.3 is 0 Å². The Balaban J connectivity index is 3.06. The van der Waals surface area contributed by atoms with Gasteiger partial charge in [0.2, 0.25) is 0 Å². The number of Topliss-reactive ketones (excluding diaryl/α,β-unsaturated/α-hetero) is 1. The third-order valence-electron chi connectivity index (χ3n) is 4.62. The van der Waals surface area contributed by atoms with E-state index in [4.69, 9.17) is 0 Å². The molecule has 22 heavy (non-hydrogen) atoms. The van der Waals surface area contributed by atoms with Gasteiger partial charge in [0, 0.05) is 12.8 Å². The van der Waals surface area contributed by atoms with Gasteiger partial charge in [0.1, 0.15) is 5.78 Å². The fraction of sp³-hybridized carbons (Fsp3) is 0.952. The minimum atomic E-state index is 0.497. The van der Waals surface area contributed by atoms with E-state index in [1.165, 1.54) is 89.9 Å². The number of ketones is 1. The second-order valence-electron chi connectivity index (χ2n) is 6.99. The summed E-state index contributed by atoms with van der Waals surface area (Å²) in [6, 6.07) is 0.